The number of rotatable bonds is 9. The summed E-state index contributed by atoms with van der Waals surface area (Å²) in [6, 6.07) is 18.7. The lowest BCUT2D eigenvalue weighted by molar-refractivity contribution is 0.284. The summed E-state index contributed by atoms with van der Waals surface area (Å²) in [6.07, 6.45) is 1.72. The first-order valence-electron chi connectivity index (χ1n) is 9.23. The van der Waals surface area contributed by atoms with Crippen LogP contribution < -0.4 is 19.6 Å². The number of benzene rings is 3. The fourth-order valence-corrected chi connectivity index (χ4v) is 3.24. The van der Waals surface area contributed by atoms with Crippen molar-refractivity contribution in [3.63, 3.8) is 0 Å². The van der Waals surface area contributed by atoms with Gasteiger partial charge in [-0.2, -0.15) is 5.10 Å². The van der Waals surface area contributed by atoms with E-state index in [4.69, 9.17) is 37.4 Å². The van der Waals surface area contributed by atoms with Crippen LogP contribution in [0.15, 0.2) is 65.8 Å². The lowest BCUT2D eigenvalue weighted by Crippen LogP contribution is -2.07. The molecule has 3 aromatic carbocycles. The van der Waals surface area contributed by atoms with Gasteiger partial charge < -0.3 is 19.6 Å². The fraction of sp³-hybridized carbons (Fsp3) is 0.174. The highest BCUT2D eigenvalue weighted by atomic mass is 35.5. The first kappa shape index (κ1) is 21.8. The summed E-state index contributed by atoms with van der Waals surface area (Å²) in [6.45, 7) is 0.862. The maximum absolute atomic E-state index is 6.20. The second-order valence-electron chi connectivity index (χ2n) is 6.34. The maximum Gasteiger partial charge on any atom is 0.161 e. The van der Waals surface area contributed by atoms with E-state index in [-0.39, 0.29) is 0 Å². The molecule has 0 saturated heterocycles. The topological polar surface area (TPSA) is 52.1 Å². The molecule has 0 aliphatic rings. The van der Waals surface area contributed by atoms with E-state index in [1.807, 2.05) is 48.5 Å². The number of ether oxygens (including phenoxy) is 3. The van der Waals surface area contributed by atoms with Crippen LogP contribution >= 0.6 is 23.2 Å². The smallest absolute Gasteiger partial charge is 0.161 e. The summed E-state index contributed by atoms with van der Waals surface area (Å²) < 4.78 is 16.7. The van der Waals surface area contributed by atoms with Crippen molar-refractivity contribution >= 4 is 29.4 Å². The Morgan fingerprint density at radius 3 is 2.43 bits per heavy atom. The summed E-state index contributed by atoms with van der Waals surface area (Å²) >= 11 is 12.1. The lowest BCUT2D eigenvalue weighted by Gasteiger charge is -2.12. The van der Waals surface area contributed by atoms with Gasteiger partial charge in [0.1, 0.15) is 12.4 Å². The molecule has 0 aliphatic carbocycles. The molecule has 3 rings (SSSR count). The highest BCUT2D eigenvalue weighted by Crippen LogP contribution is 2.29. The van der Waals surface area contributed by atoms with E-state index in [0.29, 0.717) is 34.7 Å². The van der Waals surface area contributed by atoms with Crippen molar-refractivity contribution in [1.29, 1.82) is 0 Å². The highest BCUT2D eigenvalue weighted by molar-refractivity contribution is 6.35. The fourth-order valence-electron chi connectivity index (χ4n) is 2.78. The van der Waals surface area contributed by atoms with Gasteiger partial charge in [0.05, 0.1) is 27.0 Å². The summed E-state index contributed by atoms with van der Waals surface area (Å²) in [4.78, 5) is 0. The first-order chi connectivity index (χ1) is 14.6. The minimum Gasteiger partial charge on any atom is -0.496 e. The van der Waals surface area contributed by atoms with Gasteiger partial charge in [0, 0.05) is 21.2 Å². The highest BCUT2D eigenvalue weighted by Gasteiger charge is 2.08. The Hall–Kier alpha value is -2.89. The predicted octanol–water partition coefficient (Wildman–Crippen LogP) is 5.71. The van der Waals surface area contributed by atoms with Crippen molar-refractivity contribution < 1.29 is 14.2 Å². The molecule has 156 valence electrons. The summed E-state index contributed by atoms with van der Waals surface area (Å²) in [7, 11) is 3.25. The summed E-state index contributed by atoms with van der Waals surface area (Å²) in [5.74, 6) is 2.04. The van der Waals surface area contributed by atoms with Crippen molar-refractivity contribution in [2.45, 2.75) is 13.2 Å². The molecule has 5 nitrogen and oxygen atoms in total. The number of hydrazone groups is 1. The zero-order chi connectivity index (χ0) is 21.3. The van der Waals surface area contributed by atoms with Gasteiger partial charge in [-0.05, 0) is 42.0 Å². The Labute approximate surface area is 186 Å². The summed E-state index contributed by atoms with van der Waals surface area (Å²) in [5, 5.41) is 5.42. The maximum atomic E-state index is 6.20. The quantitative estimate of drug-likeness (QED) is 0.339. The second-order valence-corrected chi connectivity index (χ2v) is 7.18. The molecule has 30 heavy (non-hydrogen) atoms. The molecule has 0 spiro atoms. The van der Waals surface area contributed by atoms with E-state index in [1.165, 1.54) is 0 Å². The molecule has 0 atom stereocenters. The molecule has 7 heteroatoms. The molecule has 0 amide bonds. The molecule has 0 fully saturated rings. The number of nitrogens with zero attached hydrogens (tertiary/aromatic N) is 1. The minimum absolute atomic E-state index is 0.306. The van der Waals surface area contributed by atoms with Crippen LogP contribution in [0.5, 0.6) is 17.2 Å². The van der Waals surface area contributed by atoms with Crippen molar-refractivity contribution in [2.24, 2.45) is 5.10 Å². The summed E-state index contributed by atoms with van der Waals surface area (Å²) in [5.41, 5.74) is 5.77. The Balaban J connectivity index is 1.61. The Kier molecular flexibility index (Phi) is 7.82. The molecule has 1 N–H and O–H groups in total. The molecule has 3 aromatic rings. The lowest BCUT2D eigenvalue weighted by atomic mass is 10.2. The second kappa shape index (κ2) is 10.8. The van der Waals surface area contributed by atoms with Crippen molar-refractivity contribution in [3.8, 4) is 17.2 Å². The molecular formula is C23H22Cl2N2O3. The van der Waals surface area contributed by atoms with Gasteiger partial charge in [0.2, 0.25) is 0 Å². The van der Waals surface area contributed by atoms with Gasteiger partial charge in [-0.15, -0.1) is 0 Å². The van der Waals surface area contributed by atoms with E-state index < -0.39 is 0 Å². The largest absolute Gasteiger partial charge is 0.496 e. The first-order valence-corrected chi connectivity index (χ1v) is 9.99. The molecule has 0 heterocycles. The van der Waals surface area contributed by atoms with Crippen molar-refractivity contribution in [3.05, 3.63) is 87.4 Å². The Morgan fingerprint density at radius 2 is 1.67 bits per heavy atom. The SMILES string of the molecule is COc1ccccc1CN/N=C\c1ccc(OCc2ccc(Cl)cc2Cl)c(OC)c1. The average Bonchev–Trinajstić information content (AvgIpc) is 2.76. The average molecular weight is 445 g/mol. The standard InChI is InChI=1S/C23H22Cl2N2O3/c1-28-21-6-4-3-5-17(21)14-27-26-13-16-7-10-22(23(11-16)29-2)30-15-18-8-9-19(24)12-20(18)25/h3-13,27H,14-15H2,1-2H3/b26-13-. The number of hydrogen-bond donors (Lipinski definition) is 1. The molecule has 0 aliphatic heterocycles. The van der Waals surface area contributed by atoms with Gasteiger partial charge >= 0.3 is 0 Å². The van der Waals surface area contributed by atoms with Crippen LogP contribution in [0.4, 0.5) is 0 Å². The van der Waals surface area contributed by atoms with E-state index >= 15 is 0 Å². The number of hydrogen-bond acceptors (Lipinski definition) is 5. The van der Waals surface area contributed by atoms with Gasteiger partial charge in [0.25, 0.3) is 0 Å². The monoisotopic (exact) mass is 444 g/mol. The zero-order valence-corrected chi connectivity index (χ0v) is 18.2. The van der Waals surface area contributed by atoms with Crippen LogP contribution in [0.3, 0.4) is 0 Å². The van der Waals surface area contributed by atoms with Crippen LogP contribution in [0.2, 0.25) is 10.0 Å². The molecular weight excluding hydrogens is 423 g/mol. The Bertz CT molecular complexity index is 1030. The third-order valence-corrected chi connectivity index (χ3v) is 4.94. The Morgan fingerprint density at radius 1 is 0.867 bits per heavy atom. The molecule has 0 radical (unpaired) electrons. The van der Waals surface area contributed by atoms with Crippen molar-refractivity contribution in [2.75, 3.05) is 14.2 Å². The van der Waals surface area contributed by atoms with E-state index in [1.54, 1.807) is 32.6 Å². The van der Waals surface area contributed by atoms with Crippen LogP contribution in [0.1, 0.15) is 16.7 Å². The molecule has 0 aromatic heterocycles. The number of para-hydroxylation sites is 1. The molecule has 0 saturated carbocycles. The third-order valence-electron chi connectivity index (χ3n) is 4.35. The number of halogens is 2. The van der Waals surface area contributed by atoms with E-state index in [0.717, 1.165) is 22.4 Å². The van der Waals surface area contributed by atoms with Gasteiger partial charge in [-0.25, -0.2) is 0 Å². The van der Waals surface area contributed by atoms with Crippen LogP contribution in [0.25, 0.3) is 0 Å². The third kappa shape index (κ3) is 5.81. The normalized spacial score (nSPS) is 10.8. The minimum atomic E-state index is 0.306. The van der Waals surface area contributed by atoms with Crippen LogP contribution in [0, 0.1) is 0 Å². The van der Waals surface area contributed by atoms with Crippen LogP contribution in [-0.4, -0.2) is 20.4 Å². The predicted molar refractivity (Wildman–Crippen MR) is 121 cm³/mol. The van der Waals surface area contributed by atoms with Gasteiger partial charge in [0.15, 0.2) is 11.5 Å². The number of nitrogens with one attached hydrogen (secondary N) is 1. The number of methoxy groups -OCH3 is 2. The van der Waals surface area contributed by atoms with E-state index in [9.17, 15) is 0 Å². The van der Waals surface area contributed by atoms with Crippen LogP contribution in [-0.2, 0) is 13.2 Å². The van der Waals surface area contributed by atoms with Crippen molar-refractivity contribution in [1.82, 2.24) is 5.43 Å². The molecule has 0 bridgehead atoms. The van der Waals surface area contributed by atoms with Gasteiger partial charge in [-0.3, -0.25) is 0 Å². The van der Waals surface area contributed by atoms with Gasteiger partial charge in [-0.1, -0.05) is 47.5 Å². The molecule has 0 unspecified atom stereocenters. The van der Waals surface area contributed by atoms with E-state index in [2.05, 4.69) is 10.5 Å². The zero-order valence-electron chi connectivity index (χ0n) is 16.7.